The van der Waals surface area contributed by atoms with Gasteiger partial charge < -0.3 is 24.3 Å². The fraction of sp³-hybridized carbons (Fsp3) is 0.433. The first kappa shape index (κ1) is 28.7. The Morgan fingerprint density at radius 2 is 1.73 bits per heavy atom. The Balaban J connectivity index is 1.32. The Bertz CT molecular complexity index is 1430. The molecule has 218 valence electrons. The first-order chi connectivity index (χ1) is 19.6. The number of ether oxygens (including phenoxy) is 1. The molecule has 1 saturated heterocycles. The molecular formula is C30H35F3N6O2. The number of hydrogen-bond donors (Lipinski definition) is 0. The molecule has 1 fully saturated rings. The molecule has 0 saturated carbocycles. The van der Waals surface area contributed by atoms with Crippen molar-refractivity contribution in [1.29, 1.82) is 0 Å². The highest BCUT2D eigenvalue weighted by Gasteiger charge is 2.26. The smallest absolute Gasteiger partial charge is 0.236 e. The quantitative estimate of drug-likeness (QED) is 0.428. The van der Waals surface area contributed by atoms with Crippen LogP contribution in [0.2, 0.25) is 0 Å². The van der Waals surface area contributed by atoms with Crippen LogP contribution in [0.15, 0.2) is 36.5 Å². The van der Waals surface area contributed by atoms with E-state index in [9.17, 15) is 13.6 Å². The van der Waals surface area contributed by atoms with E-state index in [0.717, 1.165) is 6.20 Å². The standard InChI is InChI=1S/C30H35F3N6O2/c1-19(2)39-11-12-41-30-23(32)15-21(16-26(30)39)29-24(33)17-34-27(35-29)14-20-5-6-25(22(31)13-20)37-7-9-38(10-8-37)28(40)18-36(3)4/h5-6,13,15-17,19H,7-12,14,18H2,1-4H3. The van der Waals surface area contributed by atoms with Crippen LogP contribution in [-0.4, -0.2) is 91.7 Å². The third kappa shape index (κ3) is 6.24. The maximum Gasteiger partial charge on any atom is 0.236 e. The minimum Gasteiger partial charge on any atom is -0.486 e. The molecule has 0 bridgehead atoms. The van der Waals surface area contributed by atoms with E-state index >= 15 is 4.39 Å². The number of carbonyl (C=O) groups excluding carboxylic acids is 1. The number of likely N-dealkylation sites (N-methyl/N-ethyl adjacent to an activating group) is 1. The van der Waals surface area contributed by atoms with Crippen molar-refractivity contribution in [2.24, 2.45) is 0 Å². The van der Waals surface area contributed by atoms with Crippen molar-refractivity contribution in [2.75, 3.05) is 69.8 Å². The average molecular weight is 569 g/mol. The summed E-state index contributed by atoms with van der Waals surface area (Å²) in [6, 6.07) is 7.96. The Hall–Kier alpha value is -3.86. The maximum atomic E-state index is 15.2. The number of aromatic nitrogens is 2. The van der Waals surface area contributed by atoms with Gasteiger partial charge in [-0.05, 0) is 57.8 Å². The molecule has 41 heavy (non-hydrogen) atoms. The number of carbonyl (C=O) groups is 1. The Labute approximate surface area is 238 Å². The molecule has 2 aromatic carbocycles. The van der Waals surface area contributed by atoms with Gasteiger partial charge in [-0.1, -0.05) is 6.07 Å². The average Bonchev–Trinajstić information content (AvgIpc) is 2.93. The van der Waals surface area contributed by atoms with Gasteiger partial charge in [-0.2, -0.15) is 0 Å². The third-order valence-electron chi connectivity index (χ3n) is 7.40. The molecule has 3 aromatic rings. The van der Waals surface area contributed by atoms with Gasteiger partial charge in [0.05, 0.1) is 30.7 Å². The minimum absolute atomic E-state index is 0.0234. The van der Waals surface area contributed by atoms with Crippen LogP contribution in [0.1, 0.15) is 25.2 Å². The normalized spacial score (nSPS) is 15.4. The zero-order chi connectivity index (χ0) is 29.3. The summed E-state index contributed by atoms with van der Waals surface area (Å²) >= 11 is 0. The highest BCUT2D eigenvalue weighted by molar-refractivity contribution is 5.78. The molecule has 2 aliphatic rings. The fourth-order valence-electron chi connectivity index (χ4n) is 5.33. The van der Waals surface area contributed by atoms with Crippen LogP contribution in [0.4, 0.5) is 24.5 Å². The highest BCUT2D eigenvalue weighted by atomic mass is 19.1. The highest BCUT2D eigenvalue weighted by Crippen LogP contribution is 2.39. The van der Waals surface area contributed by atoms with E-state index < -0.39 is 11.6 Å². The Kier molecular flexibility index (Phi) is 8.35. The molecule has 0 spiro atoms. The maximum absolute atomic E-state index is 15.2. The molecule has 1 aromatic heterocycles. The lowest BCUT2D eigenvalue weighted by Crippen LogP contribution is -2.51. The molecule has 0 N–H and O–H groups in total. The lowest BCUT2D eigenvalue weighted by molar-refractivity contribution is -0.132. The Morgan fingerprint density at radius 1 is 0.976 bits per heavy atom. The number of fused-ring (bicyclic) bond motifs is 1. The number of piperazine rings is 1. The molecule has 1 amide bonds. The predicted octanol–water partition coefficient (Wildman–Crippen LogP) is 3.97. The monoisotopic (exact) mass is 568 g/mol. The second-order valence-electron chi connectivity index (χ2n) is 11.0. The van der Waals surface area contributed by atoms with E-state index in [0.29, 0.717) is 62.8 Å². The van der Waals surface area contributed by atoms with Gasteiger partial charge in [-0.15, -0.1) is 0 Å². The number of anilines is 2. The van der Waals surface area contributed by atoms with Gasteiger partial charge in [0.15, 0.2) is 17.4 Å². The van der Waals surface area contributed by atoms with Crippen molar-refractivity contribution in [2.45, 2.75) is 26.3 Å². The summed E-state index contributed by atoms with van der Waals surface area (Å²) < 4.78 is 50.6. The predicted molar refractivity (Wildman–Crippen MR) is 152 cm³/mol. The SMILES string of the molecule is CC(C)N1CCOc2c(F)cc(-c3nc(Cc4ccc(N5CCN(C(=O)CN(C)C)CC5)c(F)c4)ncc3F)cc21. The van der Waals surface area contributed by atoms with E-state index in [4.69, 9.17) is 4.74 Å². The minimum atomic E-state index is -0.675. The van der Waals surface area contributed by atoms with Crippen molar-refractivity contribution in [3.05, 3.63) is 65.4 Å². The zero-order valence-electron chi connectivity index (χ0n) is 23.8. The van der Waals surface area contributed by atoms with Gasteiger partial charge in [-0.3, -0.25) is 4.79 Å². The molecule has 3 heterocycles. The summed E-state index contributed by atoms with van der Waals surface area (Å²) in [5, 5.41) is 0. The van der Waals surface area contributed by atoms with Crippen molar-refractivity contribution >= 4 is 17.3 Å². The number of halogens is 3. The second kappa shape index (κ2) is 11.9. The van der Waals surface area contributed by atoms with E-state index in [-0.39, 0.29) is 47.0 Å². The molecule has 0 aliphatic carbocycles. The number of nitrogens with zero attached hydrogens (tertiary/aromatic N) is 6. The van der Waals surface area contributed by atoms with Crippen LogP contribution < -0.4 is 14.5 Å². The molecule has 11 heteroatoms. The van der Waals surface area contributed by atoms with Gasteiger partial charge in [0, 0.05) is 44.2 Å². The lowest BCUT2D eigenvalue weighted by Gasteiger charge is -2.36. The van der Waals surface area contributed by atoms with Gasteiger partial charge in [-0.25, -0.2) is 23.1 Å². The lowest BCUT2D eigenvalue weighted by atomic mass is 10.1. The summed E-state index contributed by atoms with van der Waals surface area (Å²) in [4.78, 5) is 28.4. The number of hydrogen-bond acceptors (Lipinski definition) is 7. The van der Waals surface area contributed by atoms with Gasteiger partial charge in [0.25, 0.3) is 0 Å². The molecule has 0 radical (unpaired) electrons. The van der Waals surface area contributed by atoms with Gasteiger partial charge in [0.1, 0.15) is 23.9 Å². The first-order valence-corrected chi connectivity index (χ1v) is 13.8. The second-order valence-corrected chi connectivity index (χ2v) is 11.0. The van der Waals surface area contributed by atoms with Crippen molar-refractivity contribution in [1.82, 2.24) is 19.8 Å². The van der Waals surface area contributed by atoms with Crippen LogP contribution in [0.5, 0.6) is 5.75 Å². The fourth-order valence-corrected chi connectivity index (χ4v) is 5.33. The van der Waals surface area contributed by atoms with Crippen LogP contribution in [0.25, 0.3) is 11.3 Å². The first-order valence-electron chi connectivity index (χ1n) is 13.8. The van der Waals surface area contributed by atoms with E-state index in [1.807, 2.05) is 42.6 Å². The topological polar surface area (TPSA) is 65.0 Å². The summed E-state index contributed by atoms with van der Waals surface area (Å²) in [6.07, 6.45) is 1.24. The van der Waals surface area contributed by atoms with Crippen molar-refractivity contribution in [3.63, 3.8) is 0 Å². The number of benzene rings is 2. The molecular weight excluding hydrogens is 533 g/mol. The molecule has 5 rings (SSSR count). The van der Waals surface area contributed by atoms with Crippen molar-refractivity contribution < 1.29 is 22.7 Å². The van der Waals surface area contributed by atoms with Gasteiger partial charge in [0.2, 0.25) is 5.91 Å². The van der Waals surface area contributed by atoms with Crippen LogP contribution >= 0.6 is 0 Å². The van der Waals surface area contributed by atoms with Crippen LogP contribution in [0.3, 0.4) is 0 Å². The summed E-state index contributed by atoms with van der Waals surface area (Å²) in [5.74, 6) is -1.14. The van der Waals surface area contributed by atoms with E-state index in [1.165, 1.54) is 12.1 Å². The number of rotatable bonds is 7. The van der Waals surface area contributed by atoms with Crippen LogP contribution in [-0.2, 0) is 11.2 Å². The summed E-state index contributed by atoms with van der Waals surface area (Å²) in [7, 11) is 3.71. The zero-order valence-corrected chi connectivity index (χ0v) is 23.8. The molecule has 0 unspecified atom stereocenters. The van der Waals surface area contributed by atoms with Gasteiger partial charge >= 0.3 is 0 Å². The number of amides is 1. The third-order valence-corrected chi connectivity index (χ3v) is 7.40. The van der Waals surface area contributed by atoms with Crippen molar-refractivity contribution in [3.8, 4) is 17.0 Å². The van der Waals surface area contributed by atoms with Crippen LogP contribution in [0, 0.1) is 17.5 Å². The molecule has 2 aliphatic heterocycles. The molecule has 0 atom stereocenters. The van der Waals surface area contributed by atoms with E-state index in [1.54, 1.807) is 23.1 Å². The largest absolute Gasteiger partial charge is 0.486 e. The molecule has 8 nitrogen and oxygen atoms in total. The summed E-state index contributed by atoms with van der Waals surface area (Å²) in [6.45, 7) is 7.46. The van der Waals surface area contributed by atoms with E-state index in [2.05, 4.69) is 9.97 Å². The summed E-state index contributed by atoms with van der Waals surface area (Å²) in [5.41, 5.74) is 1.91. The Morgan fingerprint density at radius 3 is 2.41 bits per heavy atom.